The SMILES string of the molecule is C=CCON=C(C(=O)N[C@@H]1C(=O)N2C(C(=O)O)=C(C[N+]3(C)CCN(C(=O)c4cc(=O)c(O)c[nH]4)CC3)CS[C@@H]12)c1nsc(N)n1. The summed E-state index contributed by atoms with van der Waals surface area (Å²) in [6.45, 7) is 5.54. The molecule has 238 valence electrons. The molecule has 0 aliphatic carbocycles. The van der Waals surface area contributed by atoms with Crippen LogP contribution in [0.1, 0.15) is 16.3 Å². The number of carbonyl (C=O) groups excluding carboxylic acids is 3. The molecule has 19 heteroatoms. The lowest BCUT2D eigenvalue weighted by atomic mass is 10.0. The summed E-state index contributed by atoms with van der Waals surface area (Å²) in [5.41, 5.74) is 5.20. The van der Waals surface area contributed by atoms with Crippen molar-refractivity contribution in [3.63, 3.8) is 0 Å². The van der Waals surface area contributed by atoms with Crippen LogP contribution in [0.4, 0.5) is 5.13 Å². The number of aromatic hydroxyl groups is 1. The van der Waals surface area contributed by atoms with Crippen LogP contribution < -0.4 is 16.5 Å². The van der Waals surface area contributed by atoms with Gasteiger partial charge in [0, 0.05) is 35.1 Å². The van der Waals surface area contributed by atoms with Gasteiger partial charge in [-0.05, 0) is 0 Å². The maximum atomic E-state index is 13.3. The van der Waals surface area contributed by atoms with Gasteiger partial charge in [0.2, 0.25) is 17.0 Å². The van der Waals surface area contributed by atoms with E-state index in [0.29, 0.717) is 48.5 Å². The lowest BCUT2D eigenvalue weighted by Crippen LogP contribution is -2.71. The number of hydrogen-bond donors (Lipinski definition) is 5. The van der Waals surface area contributed by atoms with Gasteiger partial charge in [-0.3, -0.25) is 24.1 Å². The molecule has 0 saturated carbocycles. The number of nitrogens with one attached hydrogen (secondary N) is 2. The van der Waals surface area contributed by atoms with Gasteiger partial charge in [-0.15, -0.1) is 11.8 Å². The van der Waals surface area contributed by atoms with Crippen LogP contribution in [0.2, 0.25) is 0 Å². The number of oxime groups is 1. The van der Waals surface area contributed by atoms with Crippen LogP contribution in [-0.4, -0.2) is 132 Å². The zero-order chi connectivity index (χ0) is 32.5. The largest absolute Gasteiger partial charge is 0.503 e. The number of aliphatic carboxylic acids is 1. The van der Waals surface area contributed by atoms with Gasteiger partial charge >= 0.3 is 5.97 Å². The van der Waals surface area contributed by atoms with E-state index in [1.165, 1.54) is 22.7 Å². The second-order valence-electron chi connectivity index (χ2n) is 10.7. The summed E-state index contributed by atoms with van der Waals surface area (Å²) < 4.78 is 4.41. The molecule has 0 unspecified atom stereocenters. The number of β-lactam (4-membered cyclic amide) rings is 1. The summed E-state index contributed by atoms with van der Waals surface area (Å²) in [7, 11) is 1.95. The van der Waals surface area contributed by atoms with E-state index in [1.807, 2.05) is 7.05 Å². The molecular formula is C26H30N9O8S2+. The van der Waals surface area contributed by atoms with Crippen molar-refractivity contribution in [2.24, 2.45) is 5.16 Å². The van der Waals surface area contributed by atoms with Crippen molar-refractivity contribution in [2.45, 2.75) is 11.4 Å². The molecule has 0 spiro atoms. The van der Waals surface area contributed by atoms with Crippen LogP contribution in [0, 0.1) is 0 Å². The van der Waals surface area contributed by atoms with Crippen LogP contribution in [0.15, 0.2) is 46.1 Å². The first-order chi connectivity index (χ1) is 21.4. The van der Waals surface area contributed by atoms with Crippen LogP contribution in [-0.2, 0) is 19.2 Å². The Bertz CT molecular complexity index is 1680. The zero-order valence-electron chi connectivity index (χ0n) is 24.0. The number of aromatic nitrogens is 3. The number of nitrogens with zero attached hydrogens (tertiary/aromatic N) is 6. The Morgan fingerprint density at radius 2 is 2.07 bits per heavy atom. The maximum Gasteiger partial charge on any atom is 0.352 e. The Hall–Kier alpha value is -4.75. The normalized spacial score (nSPS) is 21.1. The molecule has 3 aliphatic rings. The first kappa shape index (κ1) is 31.7. The molecule has 17 nitrogen and oxygen atoms in total. The molecule has 2 fully saturated rings. The molecule has 3 aliphatic heterocycles. The van der Waals surface area contributed by atoms with Crippen molar-refractivity contribution in [1.29, 1.82) is 0 Å². The number of nitrogens with two attached hydrogens (primary N) is 1. The third kappa shape index (κ3) is 6.40. The van der Waals surface area contributed by atoms with Crippen molar-refractivity contribution < 1.29 is 38.7 Å². The fourth-order valence-electron chi connectivity index (χ4n) is 5.21. The van der Waals surface area contributed by atoms with E-state index < -0.39 is 40.4 Å². The molecule has 45 heavy (non-hydrogen) atoms. The third-order valence-corrected chi connectivity index (χ3v) is 9.44. The maximum absolute atomic E-state index is 13.3. The van der Waals surface area contributed by atoms with Gasteiger partial charge in [0.05, 0.1) is 33.2 Å². The van der Waals surface area contributed by atoms with Gasteiger partial charge in [-0.2, -0.15) is 9.36 Å². The van der Waals surface area contributed by atoms with Crippen molar-refractivity contribution in [2.75, 3.05) is 57.9 Å². The molecule has 0 aromatic carbocycles. The second kappa shape index (κ2) is 12.7. The predicted molar refractivity (Wildman–Crippen MR) is 162 cm³/mol. The highest BCUT2D eigenvalue weighted by atomic mass is 32.2. The van der Waals surface area contributed by atoms with Crippen molar-refractivity contribution >= 4 is 57.8 Å². The minimum atomic E-state index is -1.26. The molecule has 5 heterocycles. The lowest BCUT2D eigenvalue weighted by Gasteiger charge is -2.50. The molecule has 2 aromatic heterocycles. The van der Waals surface area contributed by atoms with Gasteiger partial charge in [-0.25, -0.2) is 4.79 Å². The Balaban J connectivity index is 1.26. The van der Waals surface area contributed by atoms with E-state index in [0.717, 1.165) is 23.8 Å². The molecule has 5 rings (SSSR count). The number of quaternary nitrogens is 1. The topological polar surface area (TPSA) is 234 Å². The average Bonchev–Trinajstić information content (AvgIpc) is 3.44. The van der Waals surface area contributed by atoms with Gasteiger partial charge in [0.1, 0.15) is 36.0 Å². The minimum absolute atomic E-state index is 0.00557. The summed E-state index contributed by atoms with van der Waals surface area (Å²) in [4.78, 5) is 77.9. The summed E-state index contributed by atoms with van der Waals surface area (Å²) >= 11 is 2.18. The molecular weight excluding hydrogens is 630 g/mol. The Morgan fingerprint density at radius 3 is 2.69 bits per heavy atom. The predicted octanol–water partition coefficient (Wildman–Crippen LogP) is -1.24. The quantitative estimate of drug-likeness (QED) is 0.0503. The number of carboxylic acids is 1. The fourth-order valence-corrected chi connectivity index (χ4v) is 6.98. The summed E-state index contributed by atoms with van der Waals surface area (Å²) in [6.07, 6.45) is 2.49. The van der Waals surface area contributed by atoms with Crippen LogP contribution in [0.3, 0.4) is 0 Å². The van der Waals surface area contributed by atoms with Crippen LogP contribution in [0.25, 0.3) is 0 Å². The summed E-state index contributed by atoms with van der Waals surface area (Å²) in [5.74, 6) is -3.27. The number of nitrogen functional groups attached to an aromatic ring is 1. The van der Waals surface area contributed by atoms with E-state index in [4.69, 9.17) is 10.6 Å². The number of aromatic amines is 1. The number of carboxylic acid groups (broad SMARTS) is 1. The van der Waals surface area contributed by atoms with E-state index in [1.54, 1.807) is 4.90 Å². The summed E-state index contributed by atoms with van der Waals surface area (Å²) in [6, 6.07) is 0.0279. The smallest absolute Gasteiger partial charge is 0.352 e. The fraction of sp³-hybridized carbons (Fsp3) is 0.385. The van der Waals surface area contributed by atoms with E-state index in [9.17, 15) is 34.2 Å². The Kier molecular flexibility index (Phi) is 8.94. The number of H-pyrrole nitrogens is 1. The van der Waals surface area contributed by atoms with Crippen molar-refractivity contribution in [1.82, 2.24) is 29.5 Å². The number of likely N-dealkylation sites (N-methyl/N-ethyl adjacent to an activating group) is 1. The molecule has 0 radical (unpaired) electrons. The van der Waals surface area contributed by atoms with E-state index in [2.05, 4.69) is 31.4 Å². The van der Waals surface area contributed by atoms with Gasteiger partial charge in [0.15, 0.2) is 10.9 Å². The van der Waals surface area contributed by atoms with E-state index >= 15 is 0 Å². The molecule has 3 amide bonds. The number of fused-ring (bicyclic) bond motifs is 1. The number of hydrogen-bond acceptors (Lipinski definition) is 13. The van der Waals surface area contributed by atoms with Crippen molar-refractivity contribution in [3.8, 4) is 5.75 Å². The summed E-state index contributed by atoms with van der Waals surface area (Å²) in [5, 5.41) is 25.4. The number of thioether (sulfide) groups is 1. The molecule has 0 bridgehead atoms. The van der Waals surface area contributed by atoms with Crippen molar-refractivity contribution in [3.05, 3.63) is 57.9 Å². The third-order valence-electron chi connectivity index (χ3n) is 7.56. The molecule has 2 aromatic rings. The highest BCUT2D eigenvalue weighted by Gasteiger charge is 2.55. The average molecular weight is 661 g/mol. The first-order valence-electron chi connectivity index (χ1n) is 13.6. The monoisotopic (exact) mass is 660 g/mol. The van der Waals surface area contributed by atoms with Gasteiger partial charge in [-0.1, -0.05) is 17.8 Å². The zero-order valence-corrected chi connectivity index (χ0v) is 25.6. The van der Waals surface area contributed by atoms with Crippen LogP contribution in [0.5, 0.6) is 5.75 Å². The Labute approximate surface area is 263 Å². The number of pyridine rings is 1. The number of amides is 3. The van der Waals surface area contributed by atoms with Gasteiger partial charge in [0.25, 0.3) is 17.7 Å². The highest BCUT2D eigenvalue weighted by molar-refractivity contribution is 8.00. The van der Waals surface area contributed by atoms with Crippen LogP contribution >= 0.6 is 23.3 Å². The number of carbonyl (C=O) groups is 4. The number of piperazine rings is 1. The van der Waals surface area contributed by atoms with E-state index in [-0.39, 0.29) is 40.6 Å². The number of rotatable bonds is 10. The first-order valence-corrected chi connectivity index (χ1v) is 15.4. The minimum Gasteiger partial charge on any atom is -0.503 e. The molecule has 2 saturated heterocycles. The lowest BCUT2D eigenvalue weighted by molar-refractivity contribution is -0.908. The molecule has 6 N–H and O–H groups in total. The second-order valence-corrected chi connectivity index (χ2v) is 12.6. The number of anilines is 1. The molecule has 2 atom stereocenters. The standard InChI is InChI=1S/C26H29N9O8S2/c1-3-8-43-31-17(20-30-26(27)45-32-20)21(38)29-18-23(40)34-19(25(41)42)13(12-44-24(18)34)11-35(2)6-4-33(5-7-35)22(39)14-9-15(36)16(37)10-28-14/h3,9-10,18,24H,1,4-8,11-12H2,2H3,(H5-,27,28,29,30,31,32,36,37,38,39,41,42)/p+1/t18-,24+/m1/s1. The van der Waals surface area contributed by atoms with Gasteiger partial charge < -0.3 is 40.5 Å². The Morgan fingerprint density at radius 1 is 1.33 bits per heavy atom. The highest BCUT2D eigenvalue weighted by Crippen LogP contribution is 2.41.